The molecular weight excluding hydrogens is 226 g/mol. The zero-order chi connectivity index (χ0) is 13.0. The number of nitrogens with zero attached hydrogens (tertiary/aromatic N) is 2. The van der Waals surface area contributed by atoms with Crippen LogP contribution in [0.25, 0.3) is 0 Å². The third-order valence-electron chi connectivity index (χ3n) is 4.01. The van der Waals surface area contributed by atoms with Crippen molar-refractivity contribution in [2.24, 2.45) is 0 Å². The van der Waals surface area contributed by atoms with Crippen LogP contribution >= 0.6 is 0 Å². The summed E-state index contributed by atoms with van der Waals surface area (Å²) in [6.45, 7) is 8.86. The van der Waals surface area contributed by atoms with Crippen LogP contribution < -0.4 is 5.32 Å². The molecule has 2 rings (SSSR count). The van der Waals surface area contributed by atoms with E-state index in [4.69, 9.17) is 0 Å². The van der Waals surface area contributed by atoms with Crippen molar-refractivity contribution in [2.45, 2.75) is 51.6 Å². The lowest BCUT2D eigenvalue weighted by atomic mass is 10.1. The first-order valence-corrected chi connectivity index (χ1v) is 7.49. The second-order valence-corrected chi connectivity index (χ2v) is 5.54. The van der Waals surface area contributed by atoms with Gasteiger partial charge in [0.15, 0.2) is 0 Å². The topological polar surface area (TPSA) is 35.6 Å². The zero-order valence-electron chi connectivity index (χ0n) is 11.8. The molecule has 1 aliphatic heterocycles. The molecule has 1 aliphatic carbocycles. The molecule has 4 nitrogen and oxygen atoms in total. The maximum Gasteiger partial charge on any atom is 0.236 e. The van der Waals surface area contributed by atoms with Crippen LogP contribution in [0.4, 0.5) is 0 Å². The van der Waals surface area contributed by atoms with E-state index < -0.39 is 0 Å². The highest BCUT2D eigenvalue weighted by atomic mass is 16.2. The highest BCUT2D eigenvalue weighted by molar-refractivity contribution is 5.78. The van der Waals surface area contributed by atoms with Gasteiger partial charge in [0, 0.05) is 25.2 Å². The summed E-state index contributed by atoms with van der Waals surface area (Å²) in [6.07, 6.45) is 4.87. The van der Waals surface area contributed by atoms with Gasteiger partial charge in [-0.1, -0.05) is 6.92 Å². The van der Waals surface area contributed by atoms with Gasteiger partial charge in [-0.15, -0.1) is 0 Å². The maximum atomic E-state index is 12.3. The number of rotatable bonds is 6. The minimum absolute atomic E-state index is 0.331. The van der Waals surface area contributed by atoms with E-state index in [9.17, 15) is 4.79 Å². The minimum atomic E-state index is 0.331. The number of likely N-dealkylation sites (tertiary alicyclic amines) is 1. The van der Waals surface area contributed by atoms with E-state index in [-0.39, 0.29) is 0 Å². The fraction of sp³-hybridized carbons (Fsp3) is 0.929. The summed E-state index contributed by atoms with van der Waals surface area (Å²) in [5.74, 6) is 0.331. The van der Waals surface area contributed by atoms with Gasteiger partial charge in [-0.25, -0.2) is 0 Å². The van der Waals surface area contributed by atoms with Crippen molar-refractivity contribution in [3.05, 3.63) is 0 Å². The number of carbonyl (C=O) groups excluding carboxylic acids is 1. The largest absolute Gasteiger partial charge is 0.339 e. The Morgan fingerprint density at radius 1 is 1.33 bits per heavy atom. The van der Waals surface area contributed by atoms with Crippen molar-refractivity contribution in [1.82, 2.24) is 15.1 Å². The first-order valence-electron chi connectivity index (χ1n) is 7.49. The Morgan fingerprint density at radius 2 is 2.11 bits per heavy atom. The fourth-order valence-electron chi connectivity index (χ4n) is 2.96. The first kappa shape index (κ1) is 13.8. The van der Waals surface area contributed by atoms with E-state index in [1.807, 2.05) is 0 Å². The summed E-state index contributed by atoms with van der Waals surface area (Å²) in [5.41, 5.74) is 0. The molecule has 2 aliphatic rings. The number of nitrogens with one attached hydrogen (secondary N) is 1. The van der Waals surface area contributed by atoms with Gasteiger partial charge in [0.1, 0.15) is 0 Å². The molecule has 0 aromatic rings. The number of carbonyl (C=O) groups is 1. The number of hydrogen-bond donors (Lipinski definition) is 1. The molecule has 1 heterocycles. The number of amides is 1. The van der Waals surface area contributed by atoms with Crippen LogP contribution in [0.15, 0.2) is 0 Å². The maximum absolute atomic E-state index is 12.3. The lowest BCUT2D eigenvalue weighted by molar-refractivity contribution is -0.133. The molecule has 4 heteroatoms. The number of likely N-dealkylation sites (N-methyl/N-ethyl adjacent to an activating group) is 2. The van der Waals surface area contributed by atoms with Crippen LogP contribution in [0.3, 0.4) is 0 Å². The molecular formula is C14H27N3O. The molecule has 0 spiro atoms. The predicted octanol–water partition coefficient (Wildman–Crippen LogP) is 1.07. The van der Waals surface area contributed by atoms with E-state index >= 15 is 0 Å². The lowest BCUT2D eigenvalue weighted by Crippen LogP contribution is -2.49. The van der Waals surface area contributed by atoms with Gasteiger partial charge in [-0.05, 0) is 45.7 Å². The Labute approximate surface area is 111 Å². The summed E-state index contributed by atoms with van der Waals surface area (Å²) in [4.78, 5) is 16.6. The molecule has 0 aromatic carbocycles. The molecule has 0 bridgehead atoms. The fourth-order valence-corrected chi connectivity index (χ4v) is 2.96. The molecule has 1 saturated carbocycles. The molecule has 1 atom stereocenters. The lowest BCUT2D eigenvalue weighted by Gasteiger charge is -2.34. The van der Waals surface area contributed by atoms with Gasteiger partial charge in [-0.2, -0.15) is 0 Å². The highest BCUT2D eigenvalue weighted by Crippen LogP contribution is 2.26. The van der Waals surface area contributed by atoms with Gasteiger partial charge in [0.25, 0.3) is 0 Å². The van der Waals surface area contributed by atoms with Crippen LogP contribution in [0, 0.1) is 0 Å². The summed E-state index contributed by atoms with van der Waals surface area (Å²) in [7, 11) is 0. The van der Waals surface area contributed by atoms with E-state index in [1.54, 1.807) is 0 Å². The predicted molar refractivity (Wildman–Crippen MR) is 73.5 cm³/mol. The summed E-state index contributed by atoms with van der Waals surface area (Å²) >= 11 is 0. The average molecular weight is 253 g/mol. The number of piperidine rings is 1. The Bertz CT molecular complexity index is 276. The minimum Gasteiger partial charge on any atom is -0.339 e. The Morgan fingerprint density at radius 3 is 2.72 bits per heavy atom. The Kier molecular flexibility index (Phi) is 5.01. The summed E-state index contributed by atoms with van der Waals surface area (Å²) in [5, 5.41) is 3.50. The Hall–Kier alpha value is -0.610. The third kappa shape index (κ3) is 3.69. The van der Waals surface area contributed by atoms with Gasteiger partial charge in [-0.3, -0.25) is 9.69 Å². The summed E-state index contributed by atoms with van der Waals surface area (Å²) in [6, 6.07) is 1.13. The van der Waals surface area contributed by atoms with E-state index in [0.717, 1.165) is 26.2 Å². The average Bonchev–Trinajstić information content (AvgIpc) is 3.15. The van der Waals surface area contributed by atoms with Crippen molar-refractivity contribution in [1.29, 1.82) is 0 Å². The molecule has 1 amide bonds. The van der Waals surface area contributed by atoms with Crippen molar-refractivity contribution in [3.8, 4) is 0 Å². The quantitative estimate of drug-likeness (QED) is 0.769. The zero-order valence-corrected chi connectivity index (χ0v) is 11.8. The third-order valence-corrected chi connectivity index (χ3v) is 4.01. The monoisotopic (exact) mass is 253 g/mol. The van der Waals surface area contributed by atoms with E-state index in [1.165, 1.54) is 25.7 Å². The molecule has 1 N–H and O–H groups in total. The van der Waals surface area contributed by atoms with Gasteiger partial charge in [0.2, 0.25) is 5.91 Å². The molecule has 18 heavy (non-hydrogen) atoms. The van der Waals surface area contributed by atoms with Crippen molar-refractivity contribution in [3.63, 3.8) is 0 Å². The summed E-state index contributed by atoms with van der Waals surface area (Å²) < 4.78 is 0. The van der Waals surface area contributed by atoms with E-state index in [0.29, 0.717) is 24.5 Å². The van der Waals surface area contributed by atoms with Gasteiger partial charge in [0.05, 0.1) is 6.54 Å². The molecule has 104 valence electrons. The van der Waals surface area contributed by atoms with Crippen LogP contribution in [0.5, 0.6) is 0 Å². The van der Waals surface area contributed by atoms with Crippen molar-refractivity contribution >= 4 is 5.91 Å². The molecule has 0 radical (unpaired) electrons. The van der Waals surface area contributed by atoms with Gasteiger partial charge < -0.3 is 10.2 Å². The number of hydrogen-bond acceptors (Lipinski definition) is 3. The molecule has 1 unspecified atom stereocenters. The highest BCUT2D eigenvalue weighted by Gasteiger charge is 2.32. The van der Waals surface area contributed by atoms with Crippen molar-refractivity contribution < 1.29 is 4.79 Å². The standard InChI is InChI=1S/C14H27N3O/c1-3-15-12-6-5-9-16(10-12)11-14(18)17(4-2)13-7-8-13/h12-13,15H,3-11H2,1-2H3. The molecule has 2 fully saturated rings. The molecule has 1 saturated heterocycles. The van der Waals surface area contributed by atoms with Gasteiger partial charge >= 0.3 is 0 Å². The van der Waals surface area contributed by atoms with Crippen LogP contribution in [0.1, 0.15) is 39.5 Å². The SMILES string of the molecule is CCNC1CCCN(CC(=O)N(CC)C2CC2)C1. The first-order chi connectivity index (χ1) is 8.74. The second kappa shape index (κ2) is 6.53. The second-order valence-electron chi connectivity index (χ2n) is 5.54. The van der Waals surface area contributed by atoms with Crippen LogP contribution in [-0.2, 0) is 4.79 Å². The smallest absolute Gasteiger partial charge is 0.236 e. The normalized spacial score (nSPS) is 25.1. The van der Waals surface area contributed by atoms with Crippen LogP contribution in [-0.4, -0.2) is 60.5 Å². The van der Waals surface area contributed by atoms with Crippen molar-refractivity contribution in [2.75, 3.05) is 32.7 Å². The van der Waals surface area contributed by atoms with Crippen LogP contribution in [0.2, 0.25) is 0 Å². The Balaban J connectivity index is 1.78. The van der Waals surface area contributed by atoms with E-state index in [2.05, 4.69) is 29.0 Å². The molecule has 0 aromatic heterocycles.